The van der Waals surface area contributed by atoms with Crippen molar-refractivity contribution >= 4 is 6.16 Å². The first-order valence-electron chi connectivity index (χ1n) is 13.0. The molecule has 0 atom stereocenters. The molecule has 0 saturated carbocycles. The van der Waals surface area contributed by atoms with Gasteiger partial charge in [-0.25, -0.2) is 4.79 Å². The minimum absolute atomic E-state index is 0.214. The van der Waals surface area contributed by atoms with Crippen LogP contribution in [0.15, 0.2) is 97.1 Å². The number of carbonyl (C=O) groups excluding carboxylic acids is 1. The predicted molar refractivity (Wildman–Crippen MR) is 154 cm³/mol. The maximum Gasteiger partial charge on any atom is 0.514 e. The van der Waals surface area contributed by atoms with Crippen molar-refractivity contribution in [2.24, 2.45) is 0 Å². The summed E-state index contributed by atoms with van der Waals surface area (Å²) in [6.07, 6.45) is -0.726. The fraction of sp³-hybridized carbons (Fsp3) is 0.265. The van der Waals surface area contributed by atoms with E-state index in [2.05, 4.69) is 45.0 Å². The van der Waals surface area contributed by atoms with E-state index >= 15 is 0 Å². The Labute approximate surface area is 230 Å². The second-order valence-electron chi connectivity index (χ2n) is 11.5. The summed E-state index contributed by atoms with van der Waals surface area (Å²) in [5.74, 6) is 0.857. The molecule has 0 aliphatic rings. The highest BCUT2D eigenvalue weighted by molar-refractivity contribution is 5.64. The van der Waals surface area contributed by atoms with E-state index in [0.717, 1.165) is 27.8 Å². The van der Waals surface area contributed by atoms with E-state index < -0.39 is 17.2 Å². The van der Waals surface area contributed by atoms with E-state index in [1.54, 1.807) is 57.2 Å². The molecule has 0 radical (unpaired) electrons. The van der Waals surface area contributed by atoms with Crippen molar-refractivity contribution in [3.8, 4) is 17.2 Å². The van der Waals surface area contributed by atoms with Crippen LogP contribution in [0.1, 0.15) is 69.4 Å². The minimum Gasteiger partial charge on any atom is -0.508 e. The van der Waals surface area contributed by atoms with Crippen LogP contribution in [0.4, 0.5) is 4.79 Å². The smallest absolute Gasteiger partial charge is 0.508 e. The van der Waals surface area contributed by atoms with Gasteiger partial charge >= 0.3 is 6.16 Å². The van der Waals surface area contributed by atoms with E-state index in [9.17, 15) is 15.0 Å². The first kappa shape index (κ1) is 27.8. The molecule has 5 heteroatoms. The Kier molecular flexibility index (Phi) is 7.47. The average molecular weight is 525 g/mol. The maximum absolute atomic E-state index is 12.0. The Morgan fingerprint density at radius 2 is 0.872 bits per heavy atom. The Bertz CT molecular complexity index is 1360. The topological polar surface area (TPSA) is 76.0 Å². The molecule has 4 aromatic rings. The summed E-state index contributed by atoms with van der Waals surface area (Å²) in [6, 6.07) is 30.5. The second-order valence-corrected chi connectivity index (χ2v) is 11.5. The van der Waals surface area contributed by atoms with Gasteiger partial charge in [0.25, 0.3) is 0 Å². The van der Waals surface area contributed by atoms with Crippen molar-refractivity contribution in [2.45, 2.75) is 58.0 Å². The molecule has 0 bridgehead atoms. The van der Waals surface area contributed by atoms with Gasteiger partial charge in [-0.3, -0.25) is 0 Å². The lowest BCUT2D eigenvalue weighted by Gasteiger charge is -2.33. The number of aromatic hydroxyl groups is 2. The third-order valence-electron chi connectivity index (χ3n) is 7.24. The quantitative estimate of drug-likeness (QED) is 0.151. The zero-order chi connectivity index (χ0) is 28.4. The summed E-state index contributed by atoms with van der Waals surface area (Å²) in [7, 11) is 0. The van der Waals surface area contributed by atoms with Crippen LogP contribution in [0.5, 0.6) is 17.2 Å². The van der Waals surface area contributed by atoms with Crippen molar-refractivity contribution in [3.63, 3.8) is 0 Å². The highest BCUT2D eigenvalue weighted by Gasteiger charge is 2.32. The van der Waals surface area contributed by atoms with Gasteiger partial charge in [0.15, 0.2) is 0 Å². The van der Waals surface area contributed by atoms with Crippen molar-refractivity contribution in [3.05, 3.63) is 125 Å². The van der Waals surface area contributed by atoms with E-state index in [0.29, 0.717) is 5.75 Å². The van der Waals surface area contributed by atoms with Crippen molar-refractivity contribution < 1.29 is 24.5 Å². The number of phenols is 2. The highest BCUT2D eigenvalue weighted by Crippen LogP contribution is 2.41. The second kappa shape index (κ2) is 10.5. The molecule has 0 saturated heterocycles. The normalized spacial score (nSPS) is 12.2. The fourth-order valence-corrected chi connectivity index (χ4v) is 4.78. The molecule has 0 unspecified atom stereocenters. The summed E-state index contributed by atoms with van der Waals surface area (Å²) in [5, 5.41) is 19.8. The average Bonchev–Trinajstić information content (AvgIpc) is 2.88. The molecule has 0 heterocycles. The van der Waals surface area contributed by atoms with Gasteiger partial charge in [-0.1, -0.05) is 74.5 Å². The first-order valence-corrected chi connectivity index (χ1v) is 13.0. The minimum atomic E-state index is -0.726. The van der Waals surface area contributed by atoms with Gasteiger partial charge < -0.3 is 19.7 Å². The van der Waals surface area contributed by atoms with Gasteiger partial charge in [0.1, 0.15) is 22.8 Å². The molecule has 0 spiro atoms. The summed E-state index contributed by atoms with van der Waals surface area (Å²) < 4.78 is 10.6. The van der Waals surface area contributed by atoms with Gasteiger partial charge in [-0.15, -0.1) is 0 Å². The third-order valence-corrected chi connectivity index (χ3v) is 7.24. The molecule has 0 aliphatic heterocycles. The van der Waals surface area contributed by atoms with Gasteiger partial charge in [-0.2, -0.15) is 0 Å². The monoisotopic (exact) mass is 524 g/mol. The Hall–Kier alpha value is -4.25. The number of ether oxygens (including phenoxy) is 2. The molecule has 0 amide bonds. The maximum atomic E-state index is 12.0. The highest BCUT2D eigenvalue weighted by atomic mass is 16.7. The van der Waals surface area contributed by atoms with Crippen LogP contribution >= 0.6 is 0 Å². The van der Waals surface area contributed by atoms with Crippen molar-refractivity contribution in [1.82, 2.24) is 0 Å². The Balaban J connectivity index is 1.63. The molecule has 2 N–H and O–H groups in total. The van der Waals surface area contributed by atoms with Gasteiger partial charge in [-0.05, 0) is 91.9 Å². The zero-order valence-electron chi connectivity index (χ0n) is 23.4. The van der Waals surface area contributed by atoms with Gasteiger partial charge in [0.2, 0.25) is 0 Å². The van der Waals surface area contributed by atoms with Crippen LogP contribution in [0.2, 0.25) is 0 Å². The standard InChI is InChI=1S/C34H36O5/c1-32(2,3)39-31(37)38-30-21-15-24(16-22-30)33(4,5)23-7-9-25(10-8-23)34(6,26-11-17-28(35)18-12-26)27-13-19-29(36)20-14-27/h7-22,35-36H,1-6H3. The predicted octanol–water partition coefficient (Wildman–Crippen LogP) is 8.09. The van der Waals surface area contributed by atoms with Crippen LogP contribution in [0.3, 0.4) is 0 Å². The van der Waals surface area contributed by atoms with Crippen LogP contribution in [-0.4, -0.2) is 22.0 Å². The summed E-state index contributed by atoms with van der Waals surface area (Å²) >= 11 is 0. The summed E-state index contributed by atoms with van der Waals surface area (Å²) in [6.45, 7) is 11.8. The van der Waals surface area contributed by atoms with Gasteiger partial charge in [0, 0.05) is 10.8 Å². The molecule has 5 nitrogen and oxygen atoms in total. The van der Waals surface area contributed by atoms with E-state index in [4.69, 9.17) is 9.47 Å². The van der Waals surface area contributed by atoms with Crippen LogP contribution in [0.25, 0.3) is 0 Å². The largest absolute Gasteiger partial charge is 0.514 e. The van der Waals surface area contributed by atoms with Crippen molar-refractivity contribution in [2.75, 3.05) is 0 Å². The van der Waals surface area contributed by atoms with Crippen LogP contribution < -0.4 is 4.74 Å². The molecule has 202 valence electrons. The number of benzene rings is 4. The third kappa shape index (κ3) is 6.09. The lowest BCUT2D eigenvalue weighted by molar-refractivity contribution is 0.0206. The van der Waals surface area contributed by atoms with E-state index in [-0.39, 0.29) is 16.9 Å². The summed E-state index contributed by atoms with van der Waals surface area (Å²) in [5.41, 5.74) is 3.90. The van der Waals surface area contributed by atoms with Crippen molar-refractivity contribution in [1.29, 1.82) is 0 Å². The molecular weight excluding hydrogens is 488 g/mol. The lowest BCUT2D eigenvalue weighted by atomic mass is 9.70. The van der Waals surface area contributed by atoms with E-state index in [1.807, 2.05) is 36.4 Å². The SMILES string of the molecule is CC(C)(C)OC(=O)Oc1ccc(C(C)(C)c2ccc(C(C)(c3ccc(O)cc3)c3ccc(O)cc3)cc2)cc1. The summed E-state index contributed by atoms with van der Waals surface area (Å²) in [4.78, 5) is 12.0. The first-order chi connectivity index (χ1) is 18.3. The number of hydrogen-bond donors (Lipinski definition) is 2. The Morgan fingerprint density at radius 1 is 0.538 bits per heavy atom. The number of hydrogen-bond acceptors (Lipinski definition) is 5. The molecular formula is C34H36O5. The molecule has 39 heavy (non-hydrogen) atoms. The zero-order valence-corrected chi connectivity index (χ0v) is 23.4. The van der Waals surface area contributed by atoms with E-state index in [1.165, 1.54) is 0 Å². The lowest BCUT2D eigenvalue weighted by Crippen LogP contribution is -2.26. The van der Waals surface area contributed by atoms with Crippen LogP contribution in [0, 0.1) is 0 Å². The fourth-order valence-electron chi connectivity index (χ4n) is 4.78. The molecule has 0 aromatic heterocycles. The number of carbonyl (C=O) groups is 1. The van der Waals surface area contributed by atoms with Gasteiger partial charge in [0.05, 0.1) is 0 Å². The molecule has 4 aromatic carbocycles. The molecule has 0 fully saturated rings. The molecule has 0 aliphatic carbocycles. The Morgan fingerprint density at radius 3 is 1.26 bits per heavy atom. The molecule has 4 rings (SSSR count). The van der Waals surface area contributed by atoms with Crippen LogP contribution in [-0.2, 0) is 15.6 Å². The number of rotatable bonds is 6. The number of phenolic OH excluding ortho intramolecular Hbond substituents is 2.